The molecular weight excluding hydrogens is 248 g/mol. The monoisotopic (exact) mass is 270 g/mol. The van der Waals surface area contributed by atoms with Gasteiger partial charge in [0.05, 0.1) is 0 Å². The first-order valence-corrected chi connectivity index (χ1v) is 7.01. The zero-order valence-electron chi connectivity index (χ0n) is 11.7. The molecule has 0 bridgehead atoms. The average molecular weight is 270 g/mol. The molecule has 1 aromatic rings. The van der Waals surface area contributed by atoms with Gasteiger partial charge in [0.25, 0.3) is 5.91 Å². The predicted molar refractivity (Wildman–Crippen MR) is 75.0 cm³/mol. The second kappa shape index (κ2) is 6.13. The maximum atomic E-state index is 11.9. The minimum atomic E-state index is -0.146. The summed E-state index contributed by atoms with van der Waals surface area (Å²) in [6, 6.07) is 0. The summed E-state index contributed by atoms with van der Waals surface area (Å²) in [6.07, 6.45) is 0. The molecule has 1 atom stereocenters. The van der Waals surface area contributed by atoms with Crippen LogP contribution in [-0.2, 0) is 0 Å². The van der Waals surface area contributed by atoms with Gasteiger partial charge in [-0.3, -0.25) is 4.79 Å². The third-order valence-electron chi connectivity index (χ3n) is 2.99. The fraction of sp³-hybridized carbons (Fsp3) is 0.750. The number of carbonyl (C=O) groups is 1. The molecular formula is C12H22N4OS. The highest BCUT2D eigenvalue weighted by molar-refractivity contribution is 7.17. The van der Waals surface area contributed by atoms with Crippen LogP contribution in [0.4, 0.5) is 5.13 Å². The van der Waals surface area contributed by atoms with E-state index < -0.39 is 0 Å². The van der Waals surface area contributed by atoms with E-state index in [1.165, 1.54) is 11.3 Å². The molecule has 0 fully saturated rings. The van der Waals surface area contributed by atoms with Gasteiger partial charge in [-0.05, 0) is 18.3 Å². The first-order chi connectivity index (χ1) is 8.34. The highest BCUT2D eigenvalue weighted by Crippen LogP contribution is 2.24. The van der Waals surface area contributed by atoms with E-state index in [0.717, 1.165) is 6.54 Å². The van der Waals surface area contributed by atoms with Crippen LogP contribution in [0.25, 0.3) is 0 Å². The minimum absolute atomic E-state index is 0.146. The molecule has 1 aromatic heterocycles. The molecule has 102 valence electrons. The fourth-order valence-electron chi connectivity index (χ4n) is 1.17. The Hall–Kier alpha value is -1.17. The predicted octanol–water partition coefficient (Wildman–Crippen LogP) is 2.38. The Labute approximate surface area is 112 Å². The first kappa shape index (κ1) is 14.9. The van der Waals surface area contributed by atoms with Gasteiger partial charge in [0.1, 0.15) is 0 Å². The number of aromatic nitrogens is 2. The third kappa shape index (κ3) is 4.25. The van der Waals surface area contributed by atoms with Crippen molar-refractivity contribution in [3.8, 4) is 0 Å². The minimum Gasteiger partial charge on any atom is -0.360 e. The van der Waals surface area contributed by atoms with E-state index in [2.05, 4.69) is 48.5 Å². The standard InChI is InChI=1S/C12H22N4OS/c1-6-13-11-16-15-10(18-11)9(17)14-7-8(2)12(3,4)5/h8H,6-7H2,1-5H3,(H,13,16)(H,14,17). The number of carbonyl (C=O) groups excluding carboxylic acids is 1. The summed E-state index contributed by atoms with van der Waals surface area (Å²) in [4.78, 5) is 11.9. The third-order valence-corrected chi connectivity index (χ3v) is 3.87. The second-order valence-electron chi connectivity index (χ2n) is 5.42. The zero-order valence-corrected chi connectivity index (χ0v) is 12.5. The van der Waals surface area contributed by atoms with E-state index in [1.54, 1.807) is 0 Å². The van der Waals surface area contributed by atoms with Gasteiger partial charge in [-0.1, -0.05) is 39.0 Å². The SMILES string of the molecule is CCNc1nnc(C(=O)NCC(C)C(C)(C)C)s1. The van der Waals surface area contributed by atoms with Crippen molar-refractivity contribution in [3.63, 3.8) is 0 Å². The Morgan fingerprint density at radius 3 is 2.61 bits per heavy atom. The summed E-state index contributed by atoms with van der Waals surface area (Å²) >= 11 is 1.28. The molecule has 0 radical (unpaired) electrons. The molecule has 18 heavy (non-hydrogen) atoms. The van der Waals surface area contributed by atoms with E-state index in [9.17, 15) is 4.79 Å². The number of nitrogens with one attached hydrogen (secondary N) is 2. The molecule has 5 nitrogen and oxygen atoms in total. The Morgan fingerprint density at radius 1 is 1.39 bits per heavy atom. The smallest absolute Gasteiger partial charge is 0.282 e. The number of nitrogens with zero attached hydrogens (tertiary/aromatic N) is 2. The summed E-state index contributed by atoms with van der Waals surface area (Å²) in [7, 11) is 0. The van der Waals surface area contributed by atoms with Gasteiger partial charge in [-0.2, -0.15) is 0 Å². The lowest BCUT2D eigenvalue weighted by molar-refractivity contribution is 0.0936. The van der Waals surface area contributed by atoms with Gasteiger partial charge in [-0.25, -0.2) is 0 Å². The molecule has 1 heterocycles. The quantitative estimate of drug-likeness (QED) is 0.862. The first-order valence-electron chi connectivity index (χ1n) is 6.20. The van der Waals surface area contributed by atoms with E-state index in [-0.39, 0.29) is 11.3 Å². The summed E-state index contributed by atoms with van der Waals surface area (Å²) in [5.41, 5.74) is 0.184. The molecule has 0 spiro atoms. The number of amides is 1. The Morgan fingerprint density at radius 2 is 2.06 bits per heavy atom. The van der Waals surface area contributed by atoms with Crippen molar-refractivity contribution >= 4 is 22.4 Å². The summed E-state index contributed by atoms with van der Waals surface area (Å²) in [5, 5.41) is 14.8. The summed E-state index contributed by atoms with van der Waals surface area (Å²) < 4.78 is 0. The van der Waals surface area contributed by atoms with Crippen LogP contribution in [0.3, 0.4) is 0 Å². The van der Waals surface area contributed by atoms with Crippen molar-refractivity contribution in [1.29, 1.82) is 0 Å². The topological polar surface area (TPSA) is 66.9 Å². The number of rotatable bonds is 5. The second-order valence-corrected chi connectivity index (χ2v) is 6.40. The number of hydrogen-bond donors (Lipinski definition) is 2. The zero-order chi connectivity index (χ0) is 13.8. The van der Waals surface area contributed by atoms with Crippen LogP contribution in [0.2, 0.25) is 0 Å². The normalized spacial score (nSPS) is 13.2. The van der Waals surface area contributed by atoms with E-state index in [4.69, 9.17) is 0 Å². The van der Waals surface area contributed by atoms with Crippen LogP contribution < -0.4 is 10.6 Å². The molecule has 0 aliphatic carbocycles. The van der Waals surface area contributed by atoms with Crippen molar-refractivity contribution in [2.24, 2.45) is 11.3 Å². The van der Waals surface area contributed by atoms with Crippen molar-refractivity contribution in [2.75, 3.05) is 18.4 Å². The number of hydrogen-bond acceptors (Lipinski definition) is 5. The lowest BCUT2D eigenvalue weighted by atomic mass is 9.82. The van der Waals surface area contributed by atoms with Crippen molar-refractivity contribution in [1.82, 2.24) is 15.5 Å². The van der Waals surface area contributed by atoms with E-state index in [1.807, 2.05) is 6.92 Å². The van der Waals surface area contributed by atoms with Crippen molar-refractivity contribution < 1.29 is 4.79 Å². The largest absolute Gasteiger partial charge is 0.360 e. The van der Waals surface area contributed by atoms with Crippen LogP contribution in [0.5, 0.6) is 0 Å². The van der Waals surface area contributed by atoms with Gasteiger partial charge in [0.2, 0.25) is 10.1 Å². The molecule has 0 aromatic carbocycles. The molecule has 0 aliphatic heterocycles. The van der Waals surface area contributed by atoms with Gasteiger partial charge < -0.3 is 10.6 Å². The van der Waals surface area contributed by atoms with E-state index >= 15 is 0 Å². The molecule has 2 N–H and O–H groups in total. The molecule has 0 saturated carbocycles. The summed E-state index contributed by atoms with van der Waals surface area (Å²) in [5.74, 6) is 0.260. The fourth-order valence-corrected chi connectivity index (χ4v) is 1.89. The molecule has 0 aliphatic rings. The molecule has 6 heteroatoms. The van der Waals surface area contributed by atoms with Crippen molar-refractivity contribution in [3.05, 3.63) is 5.01 Å². The molecule has 1 amide bonds. The Balaban J connectivity index is 2.50. The summed E-state index contributed by atoms with van der Waals surface area (Å²) in [6.45, 7) is 12.0. The van der Waals surface area contributed by atoms with Gasteiger partial charge >= 0.3 is 0 Å². The van der Waals surface area contributed by atoms with Crippen LogP contribution in [0.15, 0.2) is 0 Å². The molecule has 0 saturated heterocycles. The lowest BCUT2D eigenvalue weighted by Crippen LogP contribution is -2.33. The highest BCUT2D eigenvalue weighted by atomic mass is 32.1. The Kier molecular flexibility index (Phi) is 5.07. The van der Waals surface area contributed by atoms with Crippen LogP contribution in [0, 0.1) is 11.3 Å². The molecule has 1 rings (SSSR count). The van der Waals surface area contributed by atoms with Crippen LogP contribution in [-0.4, -0.2) is 29.2 Å². The maximum absolute atomic E-state index is 11.9. The van der Waals surface area contributed by atoms with Crippen molar-refractivity contribution in [2.45, 2.75) is 34.6 Å². The van der Waals surface area contributed by atoms with Crippen LogP contribution in [0.1, 0.15) is 44.4 Å². The van der Waals surface area contributed by atoms with Gasteiger partial charge in [-0.15, -0.1) is 10.2 Å². The molecule has 1 unspecified atom stereocenters. The van der Waals surface area contributed by atoms with Gasteiger partial charge in [0.15, 0.2) is 0 Å². The lowest BCUT2D eigenvalue weighted by Gasteiger charge is -2.27. The van der Waals surface area contributed by atoms with Gasteiger partial charge in [0, 0.05) is 13.1 Å². The maximum Gasteiger partial charge on any atom is 0.282 e. The van der Waals surface area contributed by atoms with Crippen LogP contribution >= 0.6 is 11.3 Å². The highest BCUT2D eigenvalue weighted by Gasteiger charge is 2.21. The van der Waals surface area contributed by atoms with E-state index in [0.29, 0.717) is 22.6 Å². The Bertz CT molecular complexity index is 397. The number of anilines is 1. The average Bonchev–Trinajstić information content (AvgIpc) is 2.73.